The molecule has 0 radical (unpaired) electrons. The highest BCUT2D eigenvalue weighted by molar-refractivity contribution is 5.79. The molecule has 2 rings (SSSR count). The minimum Gasteiger partial charge on any atom is -0.375 e. The Morgan fingerprint density at radius 3 is 2.82 bits per heavy atom. The van der Waals surface area contributed by atoms with Crippen LogP contribution in [0.5, 0.6) is 0 Å². The van der Waals surface area contributed by atoms with Crippen molar-refractivity contribution in [2.75, 3.05) is 13.2 Å². The molecule has 1 aliphatic heterocycles. The van der Waals surface area contributed by atoms with E-state index in [1.165, 1.54) is 0 Å². The third-order valence-electron chi connectivity index (χ3n) is 3.95. The topological polar surface area (TPSA) is 55.6 Å². The molecule has 2 fully saturated rings. The molecule has 0 spiro atoms. The number of nitrogens with zero attached hydrogens (tertiary/aromatic N) is 1. The molecule has 1 saturated carbocycles. The van der Waals surface area contributed by atoms with Gasteiger partial charge in [-0.1, -0.05) is 6.42 Å². The molecule has 4 unspecified atom stereocenters. The highest BCUT2D eigenvalue weighted by atomic mass is 16.5. The largest absolute Gasteiger partial charge is 0.375 e. The molecule has 98 valence electrons. The van der Waals surface area contributed by atoms with E-state index in [4.69, 9.17) is 10.5 Å². The Morgan fingerprint density at radius 1 is 1.35 bits per heavy atom. The zero-order valence-electron chi connectivity index (χ0n) is 10.9. The number of carbonyl (C=O) groups excluding carboxylic acids is 1. The standard InChI is InChI=1S/C13H24N2O2/c1-9-8-17-10(2)7-15(9)13(16)11-4-3-5-12(14)6-11/h9-12H,3-8,14H2,1-2H3. The third-order valence-corrected chi connectivity index (χ3v) is 3.95. The Bertz CT molecular complexity index is 283. The van der Waals surface area contributed by atoms with Gasteiger partial charge in [0.05, 0.1) is 18.8 Å². The molecule has 0 bridgehead atoms. The number of rotatable bonds is 1. The number of ether oxygens (including phenoxy) is 1. The van der Waals surface area contributed by atoms with Gasteiger partial charge in [-0.2, -0.15) is 0 Å². The molecule has 1 heterocycles. The lowest BCUT2D eigenvalue weighted by atomic mass is 9.85. The van der Waals surface area contributed by atoms with Gasteiger partial charge in [-0.3, -0.25) is 4.79 Å². The fraction of sp³-hybridized carbons (Fsp3) is 0.923. The Morgan fingerprint density at radius 2 is 2.12 bits per heavy atom. The van der Waals surface area contributed by atoms with Gasteiger partial charge in [-0.05, 0) is 33.1 Å². The first kappa shape index (κ1) is 12.8. The summed E-state index contributed by atoms with van der Waals surface area (Å²) in [6.45, 7) is 5.47. The van der Waals surface area contributed by atoms with Crippen molar-refractivity contribution in [2.24, 2.45) is 11.7 Å². The lowest BCUT2D eigenvalue weighted by Gasteiger charge is -2.40. The molecule has 4 heteroatoms. The van der Waals surface area contributed by atoms with E-state index < -0.39 is 0 Å². The molecule has 1 aliphatic carbocycles. The molecule has 17 heavy (non-hydrogen) atoms. The zero-order valence-corrected chi connectivity index (χ0v) is 10.9. The van der Waals surface area contributed by atoms with E-state index >= 15 is 0 Å². The molecule has 2 aliphatic rings. The SMILES string of the molecule is CC1CN(C(=O)C2CCCC(N)C2)C(C)CO1. The number of amides is 1. The van der Waals surface area contributed by atoms with Gasteiger partial charge in [0.2, 0.25) is 5.91 Å². The number of morpholine rings is 1. The summed E-state index contributed by atoms with van der Waals surface area (Å²) in [6.07, 6.45) is 4.18. The van der Waals surface area contributed by atoms with Crippen LogP contribution in [0.15, 0.2) is 0 Å². The van der Waals surface area contributed by atoms with Crippen LogP contribution in [0.25, 0.3) is 0 Å². The van der Waals surface area contributed by atoms with E-state index in [2.05, 4.69) is 6.92 Å². The van der Waals surface area contributed by atoms with Crippen molar-refractivity contribution in [1.82, 2.24) is 4.90 Å². The second kappa shape index (κ2) is 5.36. The average molecular weight is 240 g/mol. The summed E-state index contributed by atoms with van der Waals surface area (Å²) in [7, 11) is 0. The summed E-state index contributed by atoms with van der Waals surface area (Å²) in [5, 5.41) is 0. The first-order valence-corrected chi connectivity index (χ1v) is 6.75. The Kier molecular flexibility index (Phi) is 4.05. The van der Waals surface area contributed by atoms with Gasteiger partial charge < -0.3 is 15.4 Å². The van der Waals surface area contributed by atoms with E-state index in [0.29, 0.717) is 12.5 Å². The number of carbonyl (C=O) groups is 1. The fourth-order valence-electron chi connectivity index (χ4n) is 2.90. The van der Waals surface area contributed by atoms with Gasteiger partial charge in [0, 0.05) is 18.5 Å². The van der Waals surface area contributed by atoms with Crippen molar-refractivity contribution in [2.45, 2.75) is 57.7 Å². The van der Waals surface area contributed by atoms with Gasteiger partial charge in [-0.25, -0.2) is 0 Å². The highest BCUT2D eigenvalue weighted by Crippen LogP contribution is 2.26. The summed E-state index contributed by atoms with van der Waals surface area (Å²) in [5.41, 5.74) is 5.96. The number of hydrogen-bond acceptors (Lipinski definition) is 3. The number of hydrogen-bond donors (Lipinski definition) is 1. The van der Waals surface area contributed by atoms with Crippen LogP contribution >= 0.6 is 0 Å². The average Bonchev–Trinajstić information content (AvgIpc) is 2.31. The van der Waals surface area contributed by atoms with Gasteiger partial charge in [0.1, 0.15) is 0 Å². The van der Waals surface area contributed by atoms with E-state index in [1.54, 1.807) is 0 Å². The molecule has 1 amide bonds. The molecular formula is C13H24N2O2. The fourth-order valence-corrected chi connectivity index (χ4v) is 2.90. The zero-order chi connectivity index (χ0) is 12.4. The van der Waals surface area contributed by atoms with Crippen LogP contribution in [-0.4, -0.2) is 42.1 Å². The van der Waals surface area contributed by atoms with Crippen molar-refractivity contribution in [1.29, 1.82) is 0 Å². The summed E-state index contributed by atoms with van der Waals surface area (Å²) >= 11 is 0. The van der Waals surface area contributed by atoms with Crippen LogP contribution in [0.3, 0.4) is 0 Å². The second-order valence-corrected chi connectivity index (χ2v) is 5.61. The molecule has 0 aromatic rings. The number of nitrogens with two attached hydrogens (primary N) is 1. The van der Waals surface area contributed by atoms with Crippen LogP contribution in [0.2, 0.25) is 0 Å². The van der Waals surface area contributed by atoms with E-state index in [0.717, 1.165) is 32.2 Å². The van der Waals surface area contributed by atoms with Crippen molar-refractivity contribution in [3.63, 3.8) is 0 Å². The van der Waals surface area contributed by atoms with Crippen LogP contribution < -0.4 is 5.73 Å². The summed E-state index contributed by atoms with van der Waals surface area (Å²) in [6, 6.07) is 0.420. The first-order valence-electron chi connectivity index (χ1n) is 6.75. The maximum atomic E-state index is 12.5. The predicted octanol–water partition coefficient (Wildman–Crippen LogP) is 1.14. The molecule has 0 aromatic heterocycles. The quantitative estimate of drug-likeness (QED) is 0.748. The van der Waals surface area contributed by atoms with E-state index in [1.807, 2.05) is 11.8 Å². The monoisotopic (exact) mass is 240 g/mol. The highest BCUT2D eigenvalue weighted by Gasteiger charge is 2.33. The lowest BCUT2D eigenvalue weighted by Crippen LogP contribution is -2.53. The predicted molar refractivity (Wildman–Crippen MR) is 66.5 cm³/mol. The third kappa shape index (κ3) is 2.99. The normalized spacial score (nSPS) is 39.1. The summed E-state index contributed by atoms with van der Waals surface area (Å²) in [5.74, 6) is 0.439. The van der Waals surface area contributed by atoms with Crippen LogP contribution in [0.4, 0.5) is 0 Å². The maximum absolute atomic E-state index is 12.5. The van der Waals surface area contributed by atoms with Gasteiger partial charge in [-0.15, -0.1) is 0 Å². The van der Waals surface area contributed by atoms with Crippen molar-refractivity contribution < 1.29 is 9.53 Å². The molecular weight excluding hydrogens is 216 g/mol. The molecule has 4 atom stereocenters. The van der Waals surface area contributed by atoms with Crippen LogP contribution in [-0.2, 0) is 9.53 Å². The van der Waals surface area contributed by atoms with Crippen LogP contribution in [0.1, 0.15) is 39.5 Å². The van der Waals surface area contributed by atoms with Crippen molar-refractivity contribution >= 4 is 5.91 Å². The lowest BCUT2D eigenvalue weighted by molar-refractivity contribution is -0.148. The summed E-state index contributed by atoms with van der Waals surface area (Å²) < 4.78 is 5.56. The minimum absolute atomic E-state index is 0.145. The van der Waals surface area contributed by atoms with Gasteiger partial charge in [0.25, 0.3) is 0 Å². The van der Waals surface area contributed by atoms with Crippen molar-refractivity contribution in [3.8, 4) is 0 Å². The molecule has 1 saturated heterocycles. The Hall–Kier alpha value is -0.610. The van der Waals surface area contributed by atoms with Gasteiger partial charge >= 0.3 is 0 Å². The van der Waals surface area contributed by atoms with Crippen molar-refractivity contribution in [3.05, 3.63) is 0 Å². The first-order chi connectivity index (χ1) is 8.08. The molecule has 2 N–H and O–H groups in total. The minimum atomic E-state index is 0.145. The van der Waals surface area contributed by atoms with E-state index in [-0.39, 0.29) is 24.1 Å². The molecule has 4 nitrogen and oxygen atoms in total. The molecule has 0 aromatic carbocycles. The second-order valence-electron chi connectivity index (χ2n) is 5.61. The van der Waals surface area contributed by atoms with Gasteiger partial charge in [0.15, 0.2) is 0 Å². The summed E-state index contributed by atoms with van der Waals surface area (Å²) in [4.78, 5) is 14.5. The van der Waals surface area contributed by atoms with E-state index in [9.17, 15) is 4.79 Å². The smallest absolute Gasteiger partial charge is 0.226 e. The Balaban J connectivity index is 1.97. The Labute approximate surface area is 103 Å². The maximum Gasteiger partial charge on any atom is 0.226 e. The van der Waals surface area contributed by atoms with Crippen LogP contribution in [0, 0.1) is 5.92 Å².